The summed E-state index contributed by atoms with van der Waals surface area (Å²) < 4.78 is 0. The average molecular weight is 353 g/mol. The van der Waals surface area contributed by atoms with Crippen LogP contribution >= 0.6 is 0 Å². The second-order valence-electron chi connectivity index (χ2n) is 6.72. The summed E-state index contributed by atoms with van der Waals surface area (Å²) >= 11 is 0. The molecule has 26 heavy (non-hydrogen) atoms. The third-order valence-corrected chi connectivity index (χ3v) is 4.71. The molecule has 136 valence electrons. The topological polar surface area (TPSA) is 82.5 Å². The molecule has 1 amide bonds. The smallest absolute Gasteiger partial charge is 0.307 e. The van der Waals surface area contributed by atoms with E-state index in [4.69, 9.17) is 0 Å². The first-order chi connectivity index (χ1) is 12.6. The van der Waals surface area contributed by atoms with E-state index in [1.54, 1.807) is 12.4 Å². The number of pyridine rings is 1. The predicted octanol–water partition coefficient (Wildman–Crippen LogP) is 1.92. The lowest BCUT2D eigenvalue weighted by atomic mass is 9.88. The van der Waals surface area contributed by atoms with E-state index < -0.39 is 11.9 Å². The fourth-order valence-corrected chi connectivity index (χ4v) is 3.36. The van der Waals surface area contributed by atoms with E-state index in [0.717, 1.165) is 11.1 Å². The Balaban J connectivity index is 1.63. The Hall–Kier alpha value is -2.73. The summed E-state index contributed by atoms with van der Waals surface area (Å²) in [6.45, 7) is 2.12. The minimum Gasteiger partial charge on any atom is -0.481 e. The molecule has 3 rings (SSSR count). The Kier molecular flexibility index (Phi) is 5.96. The summed E-state index contributed by atoms with van der Waals surface area (Å²) in [7, 11) is 0. The van der Waals surface area contributed by atoms with Crippen molar-refractivity contribution in [3.63, 3.8) is 0 Å². The molecule has 6 heteroatoms. The maximum atomic E-state index is 12.6. The van der Waals surface area contributed by atoms with Crippen LogP contribution in [0.2, 0.25) is 0 Å². The van der Waals surface area contributed by atoms with Crippen LogP contribution in [-0.2, 0) is 22.7 Å². The maximum Gasteiger partial charge on any atom is 0.307 e. The normalized spacial score (nSPS) is 20.5. The van der Waals surface area contributed by atoms with Crippen molar-refractivity contribution in [1.82, 2.24) is 15.2 Å². The highest BCUT2D eigenvalue weighted by molar-refractivity contribution is 5.80. The molecular weight excluding hydrogens is 330 g/mol. The fourth-order valence-electron chi connectivity index (χ4n) is 3.36. The highest BCUT2D eigenvalue weighted by atomic mass is 16.4. The average Bonchev–Trinajstić information content (AvgIpc) is 2.67. The number of carboxylic acid groups (broad SMARTS) is 1. The van der Waals surface area contributed by atoms with Gasteiger partial charge in [0.2, 0.25) is 5.91 Å². The largest absolute Gasteiger partial charge is 0.481 e. The Morgan fingerprint density at radius 2 is 1.73 bits per heavy atom. The second-order valence-corrected chi connectivity index (χ2v) is 6.72. The standard InChI is InChI=1S/C20H23N3O3/c24-19(22-11-15-6-8-21-9-7-15)17-10-18(20(25)26)14-23(13-17)12-16-4-2-1-3-5-16/h1-9,17-18H,10-14H2,(H,22,24)(H,25,26)/t17-,18+/m1/s1. The zero-order valence-corrected chi connectivity index (χ0v) is 14.5. The third kappa shape index (κ3) is 4.89. The molecule has 6 nitrogen and oxygen atoms in total. The van der Waals surface area contributed by atoms with Crippen LogP contribution < -0.4 is 5.32 Å². The van der Waals surface area contributed by atoms with Crippen LogP contribution in [0.25, 0.3) is 0 Å². The summed E-state index contributed by atoms with van der Waals surface area (Å²) in [6.07, 6.45) is 3.75. The van der Waals surface area contributed by atoms with E-state index in [-0.39, 0.29) is 11.8 Å². The molecule has 1 fully saturated rings. The fraction of sp³-hybridized carbons (Fsp3) is 0.350. The quantitative estimate of drug-likeness (QED) is 0.829. The Bertz CT molecular complexity index is 736. The van der Waals surface area contributed by atoms with Gasteiger partial charge in [-0.3, -0.25) is 19.5 Å². The molecule has 0 bridgehead atoms. The van der Waals surface area contributed by atoms with E-state index in [0.29, 0.717) is 32.6 Å². The van der Waals surface area contributed by atoms with Crippen molar-refractivity contribution in [1.29, 1.82) is 0 Å². The zero-order valence-electron chi connectivity index (χ0n) is 14.5. The zero-order chi connectivity index (χ0) is 18.4. The summed E-state index contributed by atoms with van der Waals surface area (Å²) in [4.78, 5) is 30.1. The molecule has 1 saturated heterocycles. The number of nitrogens with one attached hydrogen (secondary N) is 1. The van der Waals surface area contributed by atoms with Crippen LogP contribution in [0.15, 0.2) is 54.9 Å². The Labute approximate surface area is 152 Å². The van der Waals surface area contributed by atoms with Crippen LogP contribution in [-0.4, -0.2) is 40.0 Å². The first kappa shape index (κ1) is 18.1. The second kappa shape index (κ2) is 8.58. The van der Waals surface area contributed by atoms with Gasteiger partial charge in [-0.25, -0.2) is 0 Å². The summed E-state index contributed by atoms with van der Waals surface area (Å²) in [5, 5.41) is 12.4. The molecule has 0 aliphatic carbocycles. The number of aliphatic carboxylic acids is 1. The van der Waals surface area contributed by atoms with E-state index in [1.165, 1.54) is 0 Å². The summed E-state index contributed by atoms with van der Waals surface area (Å²) in [5.74, 6) is -1.78. The molecule has 2 N–H and O–H groups in total. The molecule has 2 heterocycles. The van der Waals surface area contributed by atoms with Crippen LogP contribution in [0.3, 0.4) is 0 Å². The number of rotatable bonds is 6. The van der Waals surface area contributed by atoms with Gasteiger partial charge in [0.15, 0.2) is 0 Å². The van der Waals surface area contributed by atoms with E-state index in [1.807, 2.05) is 42.5 Å². The summed E-state index contributed by atoms with van der Waals surface area (Å²) in [5.41, 5.74) is 2.09. The summed E-state index contributed by atoms with van der Waals surface area (Å²) in [6, 6.07) is 13.6. The lowest BCUT2D eigenvalue weighted by Crippen LogP contribution is -2.47. The van der Waals surface area contributed by atoms with Crippen molar-refractivity contribution in [3.05, 3.63) is 66.0 Å². The Morgan fingerprint density at radius 3 is 2.42 bits per heavy atom. The van der Waals surface area contributed by atoms with Crippen LogP contribution in [0.5, 0.6) is 0 Å². The number of aromatic nitrogens is 1. The monoisotopic (exact) mass is 353 g/mol. The lowest BCUT2D eigenvalue weighted by molar-refractivity contribution is -0.145. The van der Waals surface area contributed by atoms with Gasteiger partial charge in [-0.15, -0.1) is 0 Å². The molecule has 2 aromatic rings. The molecular formula is C20H23N3O3. The van der Waals surface area contributed by atoms with Crippen LogP contribution in [0, 0.1) is 11.8 Å². The number of amides is 1. The maximum absolute atomic E-state index is 12.6. The van der Waals surface area contributed by atoms with E-state index >= 15 is 0 Å². The van der Waals surface area contributed by atoms with Crippen LogP contribution in [0.4, 0.5) is 0 Å². The van der Waals surface area contributed by atoms with E-state index in [9.17, 15) is 14.7 Å². The van der Waals surface area contributed by atoms with Crippen molar-refractivity contribution in [2.75, 3.05) is 13.1 Å². The first-order valence-corrected chi connectivity index (χ1v) is 8.77. The van der Waals surface area contributed by atoms with Gasteiger partial charge < -0.3 is 10.4 Å². The molecule has 1 aromatic carbocycles. The van der Waals surface area contributed by atoms with Crippen molar-refractivity contribution >= 4 is 11.9 Å². The highest BCUT2D eigenvalue weighted by Gasteiger charge is 2.34. The number of nitrogens with zero attached hydrogens (tertiary/aromatic N) is 2. The minimum absolute atomic E-state index is 0.0918. The van der Waals surface area contributed by atoms with Crippen LogP contribution in [0.1, 0.15) is 17.5 Å². The number of hydrogen-bond donors (Lipinski definition) is 2. The molecule has 0 saturated carbocycles. The number of likely N-dealkylation sites (tertiary alicyclic amines) is 1. The minimum atomic E-state index is -0.838. The molecule has 0 unspecified atom stereocenters. The van der Waals surface area contributed by atoms with Gasteiger partial charge in [0.25, 0.3) is 0 Å². The third-order valence-electron chi connectivity index (χ3n) is 4.71. The van der Waals surface area contributed by atoms with Crippen molar-refractivity contribution in [2.45, 2.75) is 19.5 Å². The van der Waals surface area contributed by atoms with Gasteiger partial charge in [-0.1, -0.05) is 30.3 Å². The van der Waals surface area contributed by atoms with Gasteiger partial charge in [0, 0.05) is 38.6 Å². The van der Waals surface area contributed by atoms with Crippen molar-refractivity contribution < 1.29 is 14.7 Å². The van der Waals surface area contributed by atoms with Gasteiger partial charge in [0.1, 0.15) is 0 Å². The van der Waals surface area contributed by atoms with Gasteiger partial charge in [0.05, 0.1) is 11.8 Å². The number of carboxylic acids is 1. The Morgan fingerprint density at radius 1 is 1.04 bits per heavy atom. The SMILES string of the molecule is O=C(O)[C@H]1C[C@@H](C(=O)NCc2ccncc2)CN(Cc2ccccc2)C1. The molecule has 1 aromatic heterocycles. The van der Waals surface area contributed by atoms with Crippen molar-refractivity contribution in [3.8, 4) is 0 Å². The number of carbonyl (C=O) groups excluding carboxylic acids is 1. The highest BCUT2D eigenvalue weighted by Crippen LogP contribution is 2.24. The number of carbonyl (C=O) groups is 2. The molecule has 0 radical (unpaired) electrons. The first-order valence-electron chi connectivity index (χ1n) is 8.77. The number of benzene rings is 1. The van der Waals surface area contributed by atoms with Gasteiger partial charge >= 0.3 is 5.97 Å². The lowest BCUT2D eigenvalue weighted by Gasteiger charge is -2.35. The molecule has 2 atom stereocenters. The molecule has 1 aliphatic heterocycles. The number of hydrogen-bond acceptors (Lipinski definition) is 4. The van der Waals surface area contributed by atoms with Gasteiger partial charge in [-0.2, -0.15) is 0 Å². The molecule has 0 spiro atoms. The number of piperidine rings is 1. The predicted molar refractivity (Wildman–Crippen MR) is 97.0 cm³/mol. The van der Waals surface area contributed by atoms with Gasteiger partial charge in [-0.05, 0) is 29.7 Å². The van der Waals surface area contributed by atoms with Crippen molar-refractivity contribution in [2.24, 2.45) is 11.8 Å². The molecule has 1 aliphatic rings. The van der Waals surface area contributed by atoms with E-state index in [2.05, 4.69) is 15.2 Å².